The molecular weight excluding hydrogens is 344 g/mol. The number of ketones is 1. The Labute approximate surface area is 158 Å². The third-order valence-electron chi connectivity index (χ3n) is 5.63. The van der Waals surface area contributed by atoms with Crippen molar-refractivity contribution in [3.05, 3.63) is 57.8 Å². The minimum absolute atomic E-state index is 0.0929. The van der Waals surface area contributed by atoms with Gasteiger partial charge in [-0.05, 0) is 54.4 Å². The molecular formula is C21H24N2O2S. The molecule has 0 saturated carbocycles. The number of hydrogen-bond donors (Lipinski definition) is 0. The number of carbonyl (C=O) groups is 2. The Morgan fingerprint density at radius 1 is 1.15 bits per heavy atom. The second kappa shape index (κ2) is 7.82. The molecule has 1 saturated heterocycles. The standard InChI is InChI=1S/C21H24N2O2S/c24-15-19-18-5-2-1-4-17(18)13-23(19)12-16-7-9-22(10-8-16)14-20(25)21-6-3-11-26-21/h1-6,11,15-16,19H,7-10,12-14H2. The van der Waals surface area contributed by atoms with E-state index < -0.39 is 0 Å². The summed E-state index contributed by atoms with van der Waals surface area (Å²) in [7, 11) is 0. The van der Waals surface area contributed by atoms with Crippen LogP contribution in [-0.4, -0.2) is 48.0 Å². The van der Waals surface area contributed by atoms with Gasteiger partial charge in [-0.1, -0.05) is 30.3 Å². The van der Waals surface area contributed by atoms with Crippen molar-refractivity contribution in [3.63, 3.8) is 0 Å². The summed E-state index contributed by atoms with van der Waals surface area (Å²) in [6, 6.07) is 12.0. The van der Waals surface area contributed by atoms with E-state index in [1.165, 1.54) is 22.5 Å². The molecule has 0 spiro atoms. The fourth-order valence-corrected chi connectivity index (χ4v) is 4.85. The number of aldehydes is 1. The van der Waals surface area contributed by atoms with Crippen LogP contribution in [0.3, 0.4) is 0 Å². The molecule has 1 aromatic carbocycles. The fraction of sp³-hybridized carbons (Fsp3) is 0.429. The summed E-state index contributed by atoms with van der Waals surface area (Å²) in [5.74, 6) is 0.828. The molecule has 1 atom stereocenters. The molecule has 4 nitrogen and oxygen atoms in total. The van der Waals surface area contributed by atoms with Crippen LogP contribution < -0.4 is 0 Å². The van der Waals surface area contributed by atoms with Crippen LogP contribution in [-0.2, 0) is 11.3 Å². The number of fused-ring (bicyclic) bond motifs is 1. The molecule has 2 aromatic rings. The number of Topliss-reactive ketones (excluding diaryl/α,β-unsaturated/α-hetero) is 1. The van der Waals surface area contributed by atoms with E-state index in [1.54, 1.807) is 0 Å². The highest BCUT2D eigenvalue weighted by molar-refractivity contribution is 7.12. The Balaban J connectivity index is 1.29. The molecule has 4 rings (SSSR count). The second-order valence-electron chi connectivity index (χ2n) is 7.33. The number of benzene rings is 1. The van der Waals surface area contributed by atoms with Gasteiger partial charge in [0.15, 0.2) is 5.78 Å². The van der Waals surface area contributed by atoms with E-state index in [9.17, 15) is 9.59 Å². The van der Waals surface area contributed by atoms with Crippen LogP contribution in [0.2, 0.25) is 0 Å². The quantitative estimate of drug-likeness (QED) is 0.579. The molecule has 0 aliphatic carbocycles. The molecule has 1 fully saturated rings. The maximum absolute atomic E-state index is 12.3. The molecule has 2 aliphatic rings. The Morgan fingerprint density at radius 2 is 1.96 bits per heavy atom. The third-order valence-corrected chi connectivity index (χ3v) is 6.54. The van der Waals surface area contributed by atoms with Gasteiger partial charge in [-0.15, -0.1) is 11.3 Å². The van der Waals surface area contributed by atoms with Gasteiger partial charge in [0.1, 0.15) is 6.29 Å². The van der Waals surface area contributed by atoms with Crippen LogP contribution in [0.15, 0.2) is 41.8 Å². The van der Waals surface area contributed by atoms with Crippen molar-refractivity contribution in [2.24, 2.45) is 5.92 Å². The summed E-state index contributed by atoms with van der Waals surface area (Å²) in [6.07, 6.45) is 3.27. The molecule has 0 radical (unpaired) electrons. The van der Waals surface area contributed by atoms with Crippen LogP contribution in [0.1, 0.15) is 39.7 Å². The summed E-state index contributed by atoms with van der Waals surface area (Å²) >= 11 is 1.52. The van der Waals surface area contributed by atoms with Crippen LogP contribution in [0, 0.1) is 5.92 Å². The van der Waals surface area contributed by atoms with Crippen LogP contribution >= 0.6 is 11.3 Å². The van der Waals surface area contributed by atoms with Gasteiger partial charge < -0.3 is 4.79 Å². The molecule has 0 N–H and O–H groups in total. The molecule has 2 aliphatic heterocycles. The van der Waals surface area contributed by atoms with Crippen molar-refractivity contribution >= 4 is 23.4 Å². The lowest BCUT2D eigenvalue weighted by molar-refractivity contribution is -0.112. The Kier molecular flexibility index (Phi) is 5.29. The highest BCUT2D eigenvalue weighted by Crippen LogP contribution is 2.34. The fourth-order valence-electron chi connectivity index (χ4n) is 4.20. The normalized spacial score (nSPS) is 21.6. The first kappa shape index (κ1) is 17.6. The summed E-state index contributed by atoms with van der Waals surface area (Å²) in [5, 5.41) is 1.96. The SMILES string of the molecule is O=CC1c2ccccc2CN1CC1CCN(CC(=O)c2cccs2)CC1. The van der Waals surface area contributed by atoms with Crippen molar-refractivity contribution < 1.29 is 9.59 Å². The van der Waals surface area contributed by atoms with Gasteiger partial charge in [-0.25, -0.2) is 0 Å². The van der Waals surface area contributed by atoms with Crippen LogP contribution in [0.5, 0.6) is 0 Å². The van der Waals surface area contributed by atoms with E-state index in [0.29, 0.717) is 12.5 Å². The van der Waals surface area contributed by atoms with E-state index in [0.717, 1.165) is 50.2 Å². The summed E-state index contributed by atoms with van der Waals surface area (Å²) < 4.78 is 0. The monoisotopic (exact) mass is 368 g/mol. The number of carbonyl (C=O) groups excluding carboxylic acids is 2. The van der Waals surface area contributed by atoms with Crippen molar-refractivity contribution in [1.82, 2.24) is 9.80 Å². The molecule has 0 amide bonds. The average molecular weight is 369 g/mol. The minimum atomic E-state index is -0.0929. The lowest BCUT2D eigenvalue weighted by Crippen LogP contribution is -2.40. The average Bonchev–Trinajstić information content (AvgIpc) is 3.30. The van der Waals surface area contributed by atoms with Crippen molar-refractivity contribution in [1.29, 1.82) is 0 Å². The number of likely N-dealkylation sites (tertiary alicyclic amines) is 1. The van der Waals surface area contributed by atoms with Gasteiger partial charge in [0.2, 0.25) is 0 Å². The van der Waals surface area contributed by atoms with Crippen LogP contribution in [0.25, 0.3) is 0 Å². The van der Waals surface area contributed by atoms with Gasteiger partial charge in [-0.2, -0.15) is 0 Å². The van der Waals surface area contributed by atoms with E-state index in [2.05, 4.69) is 21.9 Å². The number of piperidine rings is 1. The predicted molar refractivity (Wildman–Crippen MR) is 103 cm³/mol. The van der Waals surface area contributed by atoms with Gasteiger partial charge >= 0.3 is 0 Å². The lowest BCUT2D eigenvalue weighted by atomic mass is 9.95. The Morgan fingerprint density at radius 3 is 2.69 bits per heavy atom. The number of thiophene rings is 1. The maximum atomic E-state index is 12.3. The first-order valence-corrected chi connectivity index (χ1v) is 10.2. The van der Waals surface area contributed by atoms with E-state index in [-0.39, 0.29) is 11.8 Å². The number of rotatable bonds is 6. The van der Waals surface area contributed by atoms with Gasteiger partial charge in [0.05, 0.1) is 17.5 Å². The summed E-state index contributed by atoms with van der Waals surface area (Å²) in [6.45, 7) is 4.30. The zero-order valence-electron chi connectivity index (χ0n) is 14.8. The Hall–Kier alpha value is -1.82. The smallest absolute Gasteiger partial charge is 0.186 e. The molecule has 3 heterocycles. The highest BCUT2D eigenvalue weighted by Gasteiger charge is 2.32. The van der Waals surface area contributed by atoms with Gasteiger partial charge in [0, 0.05) is 13.1 Å². The van der Waals surface area contributed by atoms with E-state index in [4.69, 9.17) is 0 Å². The lowest BCUT2D eigenvalue weighted by Gasteiger charge is -2.34. The van der Waals surface area contributed by atoms with Gasteiger partial charge in [-0.3, -0.25) is 14.6 Å². The zero-order valence-corrected chi connectivity index (χ0v) is 15.7. The predicted octanol–water partition coefficient (Wildman–Crippen LogP) is 3.40. The largest absolute Gasteiger partial charge is 0.301 e. The zero-order chi connectivity index (χ0) is 17.9. The Bertz CT molecular complexity index is 766. The minimum Gasteiger partial charge on any atom is -0.301 e. The topological polar surface area (TPSA) is 40.6 Å². The van der Waals surface area contributed by atoms with Crippen LogP contribution in [0.4, 0.5) is 0 Å². The molecule has 136 valence electrons. The molecule has 1 unspecified atom stereocenters. The first-order chi connectivity index (χ1) is 12.7. The van der Waals surface area contributed by atoms with Gasteiger partial charge in [0.25, 0.3) is 0 Å². The molecule has 0 bridgehead atoms. The summed E-state index contributed by atoms with van der Waals surface area (Å²) in [4.78, 5) is 29.3. The summed E-state index contributed by atoms with van der Waals surface area (Å²) in [5.41, 5.74) is 2.45. The molecule has 26 heavy (non-hydrogen) atoms. The number of hydrogen-bond acceptors (Lipinski definition) is 5. The first-order valence-electron chi connectivity index (χ1n) is 9.31. The molecule has 1 aromatic heterocycles. The van der Waals surface area contributed by atoms with Crippen molar-refractivity contribution in [3.8, 4) is 0 Å². The second-order valence-corrected chi connectivity index (χ2v) is 8.28. The maximum Gasteiger partial charge on any atom is 0.186 e. The van der Waals surface area contributed by atoms with Crippen molar-refractivity contribution in [2.45, 2.75) is 25.4 Å². The third kappa shape index (κ3) is 3.65. The van der Waals surface area contributed by atoms with E-state index >= 15 is 0 Å². The number of nitrogens with zero attached hydrogens (tertiary/aromatic N) is 2. The van der Waals surface area contributed by atoms with Crippen molar-refractivity contribution in [2.75, 3.05) is 26.2 Å². The molecule has 5 heteroatoms. The highest BCUT2D eigenvalue weighted by atomic mass is 32.1. The van der Waals surface area contributed by atoms with E-state index in [1.807, 2.05) is 29.6 Å².